The molecule has 1 aliphatic heterocycles. The van der Waals surface area contributed by atoms with Crippen LogP contribution in [0.3, 0.4) is 0 Å². The van der Waals surface area contributed by atoms with Crippen LogP contribution in [0, 0.1) is 11.6 Å². The third kappa shape index (κ3) is 4.20. The van der Waals surface area contributed by atoms with E-state index in [0.29, 0.717) is 18.0 Å². The smallest absolute Gasteiger partial charge is 0.129 e. The third-order valence-corrected chi connectivity index (χ3v) is 6.16. The number of nitrogens with one attached hydrogen (secondary N) is 1. The van der Waals surface area contributed by atoms with Gasteiger partial charge >= 0.3 is 0 Å². The van der Waals surface area contributed by atoms with E-state index < -0.39 is 11.6 Å². The second-order valence-electron chi connectivity index (χ2n) is 7.99. The number of anilines is 1. The Hall–Kier alpha value is -1.98. The highest BCUT2D eigenvalue weighted by Gasteiger charge is 2.26. The van der Waals surface area contributed by atoms with E-state index in [-0.39, 0.29) is 0 Å². The SMILES string of the molecule is CN(CCCc1ccc(F)cc1F)C1CCc2ccc(N3CCNCC3)cc21. The van der Waals surface area contributed by atoms with Crippen molar-refractivity contribution in [3.8, 4) is 0 Å². The van der Waals surface area contributed by atoms with Gasteiger partial charge in [-0.3, -0.25) is 4.90 Å². The van der Waals surface area contributed by atoms with Crippen molar-refractivity contribution in [1.82, 2.24) is 10.2 Å². The van der Waals surface area contributed by atoms with Gasteiger partial charge in [-0.1, -0.05) is 12.1 Å². The van der Waals surface area contributed by atoms with Gasteiger partial charge < -0.3 is 10.2 Å². The zero-order valence-electron chi connectivity index (χ0n) is 16.6. The summed E-state index contributed by atoms with van der Waals surface area (Å²) in [5.41, 5.74) is 4.84. The molecule has 2 aliphatic rings. The van der Waals surface area contributed by atoms with Crippen LogP contribution in [0.5, 0.6) is 0 Å². The Morgan fingerprint density at radius 2 is 1.93 bits per heavy atom. The van der Waals surface area contributed by atoms with Gasteiger partial charge in [-0.15, -0.1) is 0 Å². The summed E-state index contributed by atoms with van der Waals surface area (Å²) in [6, 6.07) is 11.3. The van der Waals surface area contributed by atoms with Gasteiger partial charge in [-0.05, 0) is 74.2 Å². The summed E-state index contributed by atoms with van der Waals surface area (Å²) in [5.74, 6) is -0.948. The van der Waals surface area contributed by atoms with Gasteiger partial charge in [0.1, 0.15) is 11.6 Å². The van der Waals surface area contributed by atoms with E-state index >= 15 is 0 Å². The van der Waals surface area contributed by atoms with Crippen molar-refractivity contribution in [2.24, 2.45) is 0 Å². The van der Waals surface area contributed by atoms with Crippen molar-refractivity contribution >= 4 is 5.69 Å². The number of fused-ring (bicyclic) bond motifs is 1. The summed E-state index contributed by atoms with van der Waals surface area (Å²) in [4.78, 5) is 4.86. The fourth-order valence-corrected chi connectivity index (χ4v) is 4.54. The number of rotatable bonds is 6. The van der Waals surface area contributed by atoms with Crippen LogP contribution in [0.15, 0.2) is 36.4 Å². The highest BCUT2D eigenvalue weighted by Crippen LogP contribution is 2.37. The highest BCUT2D eigenvalue weighted by molar-refractivity contribution is 5.53. The van der Waals surface area contributed by atoms with Crippen LogP contribution in [0.25, 0.3) is 0 Å². The predicted molar refractivity (Wildman–Crippen MR) is 110 cm³/mol. The molecule has 2 aromatic carbocycles. The first-order valence-corrected chi connectivity index (χ1v) is 10.3. The number of hydrogen-bond acceptors (Lipinski definition) is 3. The van der Waals surface area contributed by atoms with Crippen molar-refractivity contribution < 1.29 is 8.78 Å². The van der Waals surface area contributed by atoms with Crippen molar-refractivity contribution in [1.29, 1.82) is 0 Å². The molecule has 0 saturated carbocycles. The fourth-order valence-electron chi connectivity index (χ4n) is 4.54. The Balaban J connectivity index is 1.38. The van der Waals surface area contributed by atoms with E-state index in [2.05, 4.69) is 40.4 Å². The molecule has 0 spiro atoms. The number of piperazine rings is 1. The molecule has 2 aromatic rings. The van der Waals surface area contributed by atoms with Gasteiger partial charge in [0.2, 0.25) is 0 Å². The molecular weight excluding hydrogens is 356 g/mol. The number of nitrogens with zero attached hydrogens (tertiary/aromatic N) is 2. The predicted octanol–water partition coefficient (Wildman–Crippen LogP) is 3.93. The van der Waals surface area contributed by atoms with Gasteiger partial charge in [-0.2, -0.15) is 0 Å². The molecule has 150 valence electrons. The van der Waals surface area contributed by atoms with Crippen LogP contribution < -0.4 is 10.2 Å². The Labute approximate surface area is 166 Å². The zero-order chi connectivity index (χ0) is 19.5. The van der Waals surface area contributed by atoms with Crippen LogP contribution in [-0.4, -0.2) is 44.7 Å². The Kier molecular flexibility index (Phi) is 5.93. The maximum Gasteiger partial charge on any atom is 0.129 e. The quantitative estimate of drug-likeness (QED) is 0.813. The van der Waals surface area contributed by atoms with E-state index in [1.54, 1.807) is 6.07 Å². The van der Waals surface area contributed by atoms with E-state index in [1.165, 1.54) is 22.9 Å². The van der Waals surface area contributed by atoms with Crippen molar-refractivity contribution in [3.05, 3.63) is 64.7 Å². The molecule has 0 amide bonds. The lowest BCUT2D eigenvalue weighted by Crippen LogP contribution is -2.43. The lowest BCUT2D eigenvalue weighted by Gasteiger charge is -2.31. The molecule has 1 heterocycles. The Morgan fingerprint density at radius 3 is 2.71 bits per heavy atom. The van der Waals surface area contributed by atoms with E-state index in [0.717, 1.165) is 58.1 Å². The molecule has 0 radical (unpaired) electrons. The lowest BCUT2D eigenvalue weighted by molar-refractivity contribution is 0.241. The molecule has 1 saturated heterocycles. The second kappa shape index (κ2) is 8.58. The van der Waals surface area contributed by atoms with Crippen LogP contribution >= 0.6 is 0 Å². The summed E-state index contributed by atoms with van der Waals surface area (Å²) >= 11 is 0. The number of aryl methyl sites for hydroxylation is 2. The highest BCUT2D eigenvalue weighted by atomic mass is 19.1. The summed E-state index contributed by atoms with van der Waals surface area (Å²) in [7, 11) is 2.16. The van der Waals surface area contributed by atoms with Gasteiger partial charge in [0.05, 0.1) is 0 Å². The molecule has 3 nitrogen and oxygen atoms in total. The lowest BCUT2D eigenvalue weighted by atomic mass is 10.0. The molecular formula is C23H29F2N3. The topological polar surface area (TPSA) is 18.5 Å². The third-order valence-electron chi connectivity index (χ3n) is 6.16. The molecule has 1 atom stereocenters. The van der Waals surface area contributed by atoms with E-state index in [9.17, 15) is 8.78 Å². The standard InChI is InChI=1S/C23H29F2N3/c1-27(12-2-3-18-4-7-19(24)15-22(18)25)23-9-6-17-5-8-20(16-21(17)23)28-13-10-26-11-14-28/h4-5,7-8,15-16,23,26H,2-3,6,9-14H2,1H3. The summed E-state index contributed by atoms with van der Waals surface area (Å²) in [6.45, 7) is 5.10. The largest absolute Gasteiger partial charge is 0.369 e. The van der Waals surface area contributed by atoms with Crippen molar-refractivity contribution in [3.63, 3.8) is 0 Å². The molecule has 0 bridgehead atoms. The summed E-state index contributed by atoms with van der Waals surface area (Å²) in [5, 5.41) is 3.41. The van der Waals surface area contributed by atoms with Gasteiger partial charge in [0, 0.05) is 44.0 Å². The Bertz CT molecular complexity index is 817. The maximum atomic E-state index is 13.8. The molecule has 1 unspecified atom stereocenters. The zero-order valence-corrected chi connectivity index (χ0v) is 16.6. The van der Waals surface area contributed by atoms with Crippen LogP contribution in [-0.2, 0) is 12.8 Å². The summed E-state index contributed by atoms with van der Waals surface area (Å²) in [6.07, 6.45) is 3.76. The first-order valence-electron chi connectivity index (χ1n) is 10.3. The van der Waals surface area contributed by atoms with Gasteiger partial charge in [-0.25, -0.2) is 8.78 Å². The maximum absolute atomic E-state index is 13.8. The van der Waals surface area contributed by atoms with Crippen LogP contribution in [0.2, 0.25) is 0 Å². The number of hydrogen-bond donors (Lipinski definition) is 1. The minimum Gasteiger partial charge on any atom is -0.369 e. The average Bonchev–Trinajstić information content (AvgIpc) is 3.13. The van der Waals surface area contributed by atoms with Crippen molar-refractivity contribution in [2.75, 3.05) is 44.7 Å². The Morgan fingerprint density at radius 1 is 1.11 bits per heavy atom. The van der Waals surface area contributed by atoms with E-state index in [4.69, 9.17) is 0 Å². The molecule has 28 heavy (non-hydrogen) atoms. The van der Waals surface area contributed by atoms with Crippen LogP contribution in [0.4, 0.5) is 14.5 Å². The van der Waals surface area contributed by atoms with Gasteiger partial charge in [0.15, 0.2) is 0 Å². The molecule has 0 aromatic heterocycles. The monoisotopic (exact) mass is 385 g/mol. The molecule has 4 rings (SSSR count). The fraction of sp³-hybridized carbons (Fsp3) is 0.478. The molecule has 1 fully saturated rings. The first kappa shape index (κ1) is 19.3. The normalized spacial score (nSPS) is 19.3. The van der Waals surface area contributed by atoms with Crippen molar-refractivity contribution in [2.45, 2.75) is 31.7 Å². The molecule has 1 N–H and O–H groups in total. The minimum atomic E-state index is -0.513. The average molecular weight is 386 g/mol. The van der Waals surface area contributed by atoms with Crippen LogP contribution in [0.1, 0.15) is 35.6 Å². The minimum absolute atomic E-state index is 0.427. The van der Waals surface area contributed by atoms with E-state index in [1.807, 2.05) is 0 Å². The first-order chi connectivity index (χ1) is 13.6. The number of halogens is 2. The number of benzene rings is 2. The second-order valence-corrected chi connectivity index (χ2v) is 7.99. The molecule has 1 aliphatic carbocycles. The molecule has 5 heteroatoms. The van der Waals surface area contributed by atoms with Gasteiger partial charge in [0.25, 0.3) is 0 Å². The summed E-state index contributed by atoms with van der Waals surface area (Å²) < 4.78 is 26.9.